The number of rotatable bonds is 4. The highest BCUT2D eigenvalue weighted by Gasteiger charge is 2.63. The van der Waals surface area contributed by atoms with E-state index in [1.807, 2.05) is 13.0 Å². The molecule has 4 aliphatic rings. The average Bonchev–Trinajstić information content (AvgIpc) is 3.26. The molecule has 0 aromatic carbocycles. The molecule has 0 aliphatic carbocycles. The number of carbonyl (C=O) groups is 4. The summed E-state index contributed by atoms with van der Waals surface area (Å²) in [6.45, 7) is -2.08. The molecule has 0 bridgehead atoms. The summed E-state index contributed by atoms with van der Waals surface area (Å²) in [6.07, 6.45) is 4.82. The summed E-state index contributed by atoms with van der Waals surface area (Å²) < 4.78 is 20.2. The van der Waals surface area contributed by atoms with Crippen molar-refractivity contribution >= 4 is 37.0 Å². The SMILES string of the molecule is C.C.C.C.CC/C=C/[B-]12OC(=O)C[C+]1CC(=O)O2.O=C1C[C+]2CC(=O)O[B-]2(/C=C/CO)O1. The van der Waals surface area contributed by atoms with E-state index in [1.165, 1.54) is 12.1 Å². The van der Waals surface area contributed by atoms with Gasteiger partial charge in [-0.2, -0.15) is 0 Å². The van der Waals surface area contributed by atoms with Crippen molar-refractivity contribution < 1.29 is 42.9 Å². The van der Waals surface area contributed by atoms with E-state index < -0.39 is 13.1 Å². The second-order valence-electron chi connectivity index (χ2n) is 6.97. The normalized spacial score (nSPS) is 20.9. The summed E-state index contributed by atoms with van der Waals surface area (Å²) in [6, 6.07) is 0. The summed E-state index contributed by atoms with van der Waals surface area (Å²) in [7, 11) is 0. The van der Waals surface area contributed by atoms with E-state index >= 15 is 0 Å². The summed E-state index contributed by atoms with van der Waals surface area (Å²) in [5.41, 5.74) is 0. The standard InChI is InChI=1S/C9H11BO4.C8H9BO5.4CH4/c1-2-3-4-10-7(5-8(11)13-10)6-9(12)14-10;10-3-1-2-9-6(4-7(11)13-9)5-8(12)14-9;;;;/h3-4H,2,5-6H2,1H3;1-2,10H,3-5H2;4*1H4/b4-3+;2-1+;;;;. The van der Waals surface area contributed by atoms with Gasteiger partial charge in [0, 0.05) is 11.6 Å². The fourth-order valence-corrected chi connectivity index (χ4v) is 3.75. The van der Waals surface area contributed by atoms with Crippen molar-refractivity contribution in [2.45, 2.75) is 68.7 Å². The zero-order valence-electron chi connectivity index (χ0n) is 15.4. The fourth-order valence-electron chi connectivity index (χ4n) is 3.75. The van der Waals surface area contributed by atoms with Crippen LogP contribution in [0.2, 0.25) is 0 Å². The predicted octanol–water partition coefficient (Wildman–Crippen LogP) is 3.01. The molecule has 4 fully saturated rings. The van der Waals surface area contributed by atoms with Crippen LogP contribution in [0.5, 0.6) is 0 Å². The zero-order chi connectivity index (χ0) is 20.4. The van der Waals surface area contributed by atoms with E-state index in [9.17, 15) is 19.2 Å². The predicted molar refractivity (Wildman–Crippen MR) is 123 cm³/mol. The zero-order valence-corrected chi connectivity index (χ0v) is 15.4. The number of allylic oxidation sites excluding steroid dienone is 1. The van der Waals surface area contributed by atoms with Crippen LogP contribution in [0, 0.1) is 11.6 Å². The van der Waals surface area contributed by atoms with Crippen molar-refractivity contribution in [1.29, 1.82) is 0 Å². The molecule has 0 spiro atoms. The number of hydrogen-bond acceptors (Lipinski definition) is 9. The van der Waals surface area contributed by atoms with Crippen molar-refractivity contribution in [2.24, 2.45) is 0 Å². The quantitative estimate of drug-likeness (QED) is 0.504. The van der Waals surface area contributed by atoms with Gasteiger partial charge in [-0.05, 0) is 6.42 Å². The Morgan fingerprint density at radius 3 is 1.31 bits per heavy atom. The molecule has 0 aromatic heterocycles. The van der Waals surface area contributed by atoms with E-state index in [4.69, 9.17) is 23.7 Å². The third-order valence-corrected chi connectivity index (χ3v) is 4.97. The molecule has 4 heterocycles. The van der Waals surface area contributed by atoms with E-state index in [2.05, 4.69) is 0 Å². The van der Waals surface area contributed by atoms with Gasteiger partial charge in [0.15, 0.2) is 0 Å². The van der Waals surface area contributed by atoms with E-state index in [1.54, 1.807) is 5.98 Å². The largest absolute Gasteiger partial charge is 0.610 e. The van der Waals surface area contributed by atoms with Gasteiger partial charge >= 0.3 is 37.0 Å². The molecule has 180 valence electrons. The van der Waals surface area contributed by atoms with Crippen LogP contribution in [0.3, 0.4) is 0 Å². The smallest absolute Gasteiger partial charge is 0.581 e. The van der Waals surface area contributed by atoms with Crippen LogP contribution in [0.15, 0.2) is 24.1 Å². The molecule has 0 radical (unpaired) electrons. The topological polar surface area (TPSA) is 125 Å². The third kappa shape index (κ3) is 6.12. The molecule has 1 N–H and O–H groups in total. The van der Waals surface area contributed by atoms with Gasteiger partial charge in [0.05, 0.1) is 6.61 Å². The van der Waals surface area contributed by atoms with Crippen LogP contribution in [-0.2, 0) is 37.8 Å². The van der Waals surface area contributed by atoms with Gasteiger partial charge in [-0.3, -0.25) is 19.2 Å². The summed E-state index contributed by atoms with van der Waals surface area (Å²) >= 11 is 0. The number of aliphatic hydroxyl groups is 1. The van der Waals surface area contributed by atoms with Crippen LogP contribution < -0.4 is 0 Å². The first kappa shape index (κ1) is 31.4. The number of hydrogen-bond donors (Lipinski definition) is 1. The van der Waals surface area contributed by atoms with Gasteiger partial charge < -0.3 is 23.7 Å². The Morgan fingerprint density at radius 2 is 1.03 bits per heavy atom. The van der Waals surface area contributed by atoms with Crippen molar-refractivity contribution in [3.8, 4) is 0 Å². The molecular formula is C21H36B2O9. The number of aliphatic hydroxyl groups excluding tert-OH is 1. The van der Waals surface area contributed by atoms with Gasteiger partial charge in [0.2, 0.25) is 0 Å². The maximum absolute atomic E-state index is 11.1. The maximum atomic E-state index is 11.1. The van der Waals surface area contributed by atoms with Gasteiger partial charge in [-0.1, -0.05) is 42.7 Å². The molecule has 4 saturated heterocycles. The molecule has 32 heavy (non-hydrogen) atoms. The molecule has 0 atom stereocenters. The third-order valence-electron chi connectivity index (χ3n) is 4.97. The Kier molecular flexibility index (Phi) is 12.0. The lowest BCUT2D eigenvalue weighted by atomic mass is 9.49. The van der Waals surface area contributed by atoms with Crippen LogP contribution >= 0.6 is 0 Å². The molecule has 4 aliphatic heterocycles. The summed E-state index contributed by atoms with van der Waals surface area (Å²) in [5.74, 6) is 3.28. The molecule has 4 rings (SSSR count). The van der Waals surface area contributed by atoms with Crippen LogP contribution in [0.25, 0.3) is 0 Å². The lowest BCUT2D eigenvalue weighted by Gasteiger charge is -2.20. The Bertz CT molecular complexity index is 646. The van der Waals surface area contributed by atoms with Gasteiger partial charge in [0.25, 0.3) is 0 Å². The molecule has 0 unspecified atom stereocenters. The van der Waals surface area contributed by atoms with E-state index in [-0.39, 0.29) is 85.9 Å². The molecule has 0 amide bonds. The Morgan fingerprint density at radius 1 is 0.719 bits per heavy atom. The highest BCUT2D eigenvalue weighted by molar-refractivity contribution is 6.84. The second-order valence-corrected chi connectivity index (χ2v) is 6.97. The number of carbonyl (C=O) groups excluding carboxylic acids is 4. The molecule has 11 heteroatoms. The minimum Gasteiger partial charge on any atom is -0.610 e. The van der Waals surface area contributed by atoms with Crippen LogP contribution in [-0.4, -0.2) is 48.7 Å². The fraction of sp³-hybridized carbons (Fsp3) is 0.524. The van der Waals surface area contributed by atoms with Gasteiger partial charge in [-0.25, -0.2) is 0 Å². The first-order valence-electron chi connectivity index (χ1n) is 9.15. The van der Waals surface area contributed by atoms with Crippen molar-refractivity contribution in [2.75, 3.05) is 6.61 Å². The second kappa shape index (κ2) is 12.3. The van der Waals surface area contributed by atoms with Gasteiger partial charge in [-0.15, -0.1) is 18.0 Å². The van der Waals surface area contributed by atoms with Crippen molar-refractivity contribution in [1.82, 2.24) is 0 Å². The molecule has 9 nitrogen and oxygen atoms in total. The summed E-state index contributed by atoms with van der Waals surface area (Å²) in [4.78, 5) is 44.2. The first-order valence-corrected chi connectivity index (χ1v) is 9.15. The number of fused-ring (bicyclic) bond motifs is 2. The van der Waals surface area contributed by atoms with E-state index in [0.29, 0.717) is 5.82 Å². The monoisotopic (exact) mass is 454 g/mol. The highest BCUT2D eigenvalue weighted by atomic mass is 16.7. The van der Waals surface area contributed by atoms with Crippen molar-refractivity contribution in [3.63, 3.8) is 0 Å². The van der Waals surface area contributed by atoms with Crippen LogP contribution in [0.4, 0.5) is 0 Å². The highest BCUT2D eigenvalue weighted by Crippen LogP contribution is 2.41. The minimum atomic E-state index is -2.02. The molecular weight excluding hydrogens is 418 g/mol. The lowest BCUT2D eigenvalue weighted by molar-refractivity contribution is -0.140. The maximum Gasteiger partial charge on any atom is 0.581 e. The molecule has 0 aromatic rings. The van der Waals surface area contributed by atoms with E-state index in [0.717, 1.165) is 12.2 Å². The first-order chi connectivity index (χ1) is 13.3. The van der Waals surface area contributed by atoms with Crippen LogP contribution in [0.1, 0.15) is 68.7 Å². The minimum absolute atomic E-state index is 0. The average molecular weight is 454 g/mol. The molecule has 0 saturated carbocycles. The Hall–Kier alpha value is -2.81. The summed E-state index contributed by atoms with van der Waals surface area (Å²) in [5, 5.41) is 8.61. The van der Waals surface area contributed by atoms with Gasteiger partial charge in [0.1, 0.15) is 25.7 Å². The Labute approximate surface area is 191 Å². The lowest BCUT2D eigenvalue weighted by Crippen LogP contribution is -2.38. The Balaban J connectivity index is 0. The van der Waals surface area contributed by atoms with Crippen molar-refractivity contribution in [3.05, 3.63) is 35.7 Å².